The summed E-state index contributed by atoms with van der Waals surface area (Å²) in [5, 5.41) is 16.2. The van der Waals surface area contributed by atoms with E-state index < -0.39 is 0 Å². The van der Waals surface area contributed by atoms with Crippen molar-refractivity contribution in [3.05, 3.63) is 63.6 Å². The number of hydrogen-bond acceptors (Lipinski definition) is 4. The molecular formula is C19H24Cl2N2O2. The lowest BCUT2D eigenvalue weighted by Gasteiger charge is -2.12. The lowest BCUT2D eigenvalue weighted by atomic mass is 10.2. The number of nitrogens with one attached hydrogen (secondary N) is 2. The third-order valence-electron chi connectivity index (χ3n) is 3.61. The minimum atomic E-state index is 0.170. The van der Waals surface area contributed by atoms with Gasteiger partial charge in [0.2, 0.25) is 0 Å². The van der Waals surface area contributed by atoms with Crippen molar-refractivity contribution < 1.29 is 9.84 Å². The Kier molecular flexibility index (Phi) is 9.08. The van der Waals surface area contributed by atoms with E-state index in [1.807, 2.05) is 42.5 Å². The Morgan fingerprint density at radius 2 is 1.56 bits per heavy atom. The van der Waals surface area contributed by atoms with E-state index in [0.29, 0.717) is 35.5 Å². The summed E-state index contributed by atoms with van der Waals surface area (Å²) < 4.78 is 5.78. The van der Waals surface area contributed by atoms with Gasteiger partial charge in [-0.05, 0) is 42.8 Å². The topological polar surface area (TPSA) is 53.5 Å². The van der Waals surface area contributed by atoms with Gasteiger partial charge in [-0.3, -0.25) is 0 Å². The summed E-state index contributed by atoms with van der Waals surface area (Å²) in [7, 11) is 0. The zero-order chi connectivity index (χ0) is 17.9. The summed E-state index contributed by atoms with van der Waals surface area (Å²) >= 11 is 12.7. The normalized spacial score (nSPS) is 10.8. The summed E-state index contributed by atoms with van der Waals surface area (Å²) in [6, 6.07) is 13.7. The minimum absolute atomic E-state index is 0.170. The third-order valence-corrected chi connectivity index (χ3v) is 4.17. The second-order valence-corrected chi connectivity index (χ2v) is 6.48. The van der Waals surface area contributed by atoms with E-state index in [1.165, 1.54) is 0 Å². The monoisotopic (exact) mass is 382 g/mol. The van der Waals surface area contributed by atoms with Gasteiger partial charge < -0.3 is 20.5 Å². The second kappa shape index (κ2) is 11.3. The van der Waals surface area contributed by atoms with Crippen LogP contribution in [0.5, 0.6) is 5.75 Å². The average Bonchev–Trinajstić information content (AvgIpc) is 2.61. The Balaban J connectivity index is 1.80. The van der Waals surface area contributed by atoms with Gasteiger partial charge in [-0.25, -0.2) is 0 Å². The van der Waals surface area contributed by atoms with Crippen LogP contribution >= 0.6 is 23.2 Å². The molecule has 0 aliphatic carbocycles. The Hall–Kier alpha value is -1.30. The van der Waals surface area contributed by atoms with Crippen LogP contribution in [0.25, 0.3) is 0 Å². The van der Waals surface area contributed by atoms with Crippen molar-refractivity contribution in [2.24, 2.45) is 0 Å². The van der Waals surface area contributed by atoms with Crippen LogP contribution in [-0.4, -0.2) is 31.3 Å². The first-order valence-electron chi connectivity index (χ1n) is 8.37. The van der Waals surface area contributed by atoms with E-state index in [1.54, 1.807) is 0 Å². The zero-order valence-electron chi connectivity index (χ0n) is 14.1. The van der Waals surface area contributed by atoms with Crippen LogP contribution in [0.3, 0.4) is 0 Å². The molecule has 25 heavy (non-hydrogen) atoms. The van der Waals surface area contributed by atoms with Gasteiger partial charge in [-0.15, -0.1) is 0 Å². The molecule has 136 valence electrons. The standard InChI is InChI=1S/C19H24Cl2N2O2/c20-17-11-16(13-23-8-4-7-22-9-10-24)12-18(21)19(17)25-14-15-5-2-1-3-6-15/h1-3,5-6,11-12,22-24H,4,7-10,13-14H2. The highest BCUT2D eigenvalue weighted by Crippen LogP contribution is 2.34. The zero-order valence-corrected chi connectivity index (χ0v) is 15.6. The molecule has 0 radical (unpaired) electrons. The number of benzene rings is 2. The number of hydrogen-bond donors (Lipinski definition) is 3. The summed E-state index contributed by atoms with van der Waals surface area (Å²) in [4.78, 5) is 0. The SMILES string of the molecule is OCCNCCCNCc1cc(Cl)c(OCc2ccccc2)c(Cl)c1. The van der Waals surface area contributed by atoms with Crippen LogP contribution < -0.4 is 15.4 Å². The number of ether oxygens (including phenoxy) is 1. The van der Waals surface area contributed by atoms with Gasteiger partial charge in [0.15, 0.2) is 5.75 Å². The van der Waals surface area contributed by atoms with Gasteiger partial charge in [0, 0.05) is 13.1 Å². The van der Waals surface area contributed by atoms with E-state index in [0.717, 1.165) is 30.6 Å². The molecule has 0 aromatic heterocycles. The molecule has 2 aromatic rings. The fourth-order valence-corrected chi connectivity index (χ4v) is 3.00. The predicted molar refractivity (Wildman–Crippen MR) is 104 cm³/mol. The molecule has 0 heterocycles. The number of rotatable bonds is 11. The van der Waals surface area contributed by atoms with Gasteiger partial charge in [0.25, 0.3) is 0 Å². The first-order valence-corrected chi connectivity index (χ1v) is 9.13. The Morgan fingerprint density at radius 1 is 0.880 bits per heavy atom. The van der Waals surface area contributed by atoms with Crippen LogP contribution in [0.15, 0.2) is 42.5 Å². The second-order valence-electron chi connectivity index (χ2n) is 5.67. The van der Waals surface area contributed by atoms with Gasteiger partial charge >= 0.3 is 0 Å². The number of aliphatic hydroxyl groups excluding tert-OH is 1. The van der Waals surface area contributed by atoms with Crippen LogP contribution in [0, 0.1) is 0 Å². The van der Waals surface area contributed by atoms with Crippen molar-refractivity contribution in [1.82, 2.24) is 10.6 Å². The summed E-state index contributed by atoms with van der Waals surface area (Å²) in [6.07, 6.45) is 0.986. The first kappa shape index (κ1) is 20.0. The average molecular weight is 383 g/mol. The Morgan fingerprint density at radius 3 is 2.24 bits per heavy atom. The molecular weight excluding hydrogens is 359 g/mol. The molecule has 3 N–H and O–H groups in total. The van der Waals surface area contributed by atoms with Crippen LogP contribution in [0.1, 0.15) is 17.5 Å². The largest absolute Gasteiger partial charge is 0.486 e. The lowest BCUT2D eigenvalue weighted by Crippen LogP contribution is -2.23. The quantitative estimate of drug-likeness (QED) is 0.519. The molecule has 0 unspecified atom stereocenters. The maximum atomic E-state index is 8.68. The summed E-state index contributed by atoms with van der Waals surface area (Å²) in [5.41, 5.74) is 2.08. The van der Waals surface area contributed by atoms with E-state index in [-0.39, 0.29) is 6.61 Å². The van der Waals surface area contributed by atoms with E-state index in [2.05, 4.69) is 10.6 Å². The molecule has 2 aromatic carbocycles. The molecule has 0 aliphatic rings. The number of aliphatic hydroxyl groups is 1. The van der Waals surface area contributed by atoms with E-state index in [9.17, 15) is 0 Å². The van der Waals surface area contributed by atoms with Gasteiger partial charge in [0.1, 0.15) is 6.61 Å². The molecule has 0 spiro atoms. The van der Waals surface area contributed by atoms with E-state index in [4.69, 9.17) is 33.0 Å². The molecule has 0 bridgehead atoms. The van der Waals surface area contributed by atoms with Gasteiger partial charge in [-0.1, -0.05) is 53.5 Å². The van der Waals surface area contributed by atoms with Crippen molar-refractivity contribution in [1.29, 1.82) is 0 Å². The molecule has 0 amide bonds. The van der Waals surface area contributed by atoms with Gasteiger partial charge in [-0.2, -0.15) is 0 Å². The molecule has 6 heteroatoms. The fraction of sp³-hybridized carbons (Fsp3) is 0.368. The van der Waals surface area contributed by atoms with E-state index >= 15 is 0 Å². The smallest absolute Gasteiger partial charge is 0.156 e. The Bertz CT molecular complexity index is 616. The molecule has 0 fully saturated rings. The Labute approximate surface area is 159 Å². The predicted octanol–water partition coefficient (Wildman–Crippen LogP) is 3.63. The van der Waals surface area contributed by atoms with Crippen molar-refractivity contribution in [3.63, 3.8) is 0 Å². The molecule has 2 rings (SSSR count). The lowest BCUT2D eigenvalue weighted by molar-refractivity contribution is 0.292. The summed E-state index contributed by atoms with van der Waals surface area (Å²) in [6.45, 7) is 3.68. The summed E-state index contributed by atoms with van der Waals surface area (Å²) in [5.74, 6) is 0.518. The highest BCUT2D eigenvalue weighted by molar-refractivity contribution is 6.37. The third kappa shape index (κ3) is 7.22. The maximum Gasteiger partial charge on any atom is 0.156 e. The van der Waals surface area contributed by atoms with Crippen molar-refractivity contribution >= 4 is 23.2 Å². The number of halogens is 2. The highest BCUT2D eigenvalue weighted by Gasteiger charge is 2.10. The molecule has 0 aliphatic heterocycles. The molecule has 0 atom stereocenters. The van der Waals surface area contributed by atoms with Crippen molar-refractivity contribution in [3.8, 4) is 5.75 Å². The van der Waals surface area contributed by atoms with Crippen LogP contribution in [0.4, 0.5) is 0 Å². The van der Waals surface area contributed by atoms with Crippen molar-refractivity contribution in [2.45, 2.75) is 19.6 Å². The minimum Gasteiger partial charge on any atom is -0.486 e. The van der Waals surface area contributed by atoms with Gasteiger partial charge in [0.05, 0.1) is 16.7 Å². The van der Waals surface area contributed by atoms with Crippen molar-refractivity contribution in [2.75, 3.05) is 26.2 Å². The first-order chi connectivity index (χ1) is 12.2. The highest BCUT2D eigenvalue weighted by atomic mass is 35.5. The molecule has 0 saturated heterocycles. The fourth-order valence-electron chi connectivity index (χ4n) is 2.36. The molecule has 4 nitrogen and oxygen atoms in total. The van der Waals surface area contributed by atoms with Crippen LogP contribution in [-0.2, 0) is 13.2 Å². The molecule has 0 saturated carbocycles. The maximum absolute atomic E-state index is 8.68. The van der Waals surface area contributed by atoms with Crippen LogP contribution in [0.2, 0.25) is 10.0 Å².